The van der Waals surface area contributed by atoms with Gasteiger partial charge in [0.2, 0.25) is 0 Å². The van der Waals surface area contributed by atoms with Gasteiger partial charge in [0.15, 0.2) is 0 Å². The van der Waals surface area contributed by atoms with Crippen molar-refractivity contribution >= 4 is 5.91 Å². The molecule has 0 aliphatic heterocycles. The minimum absolute atomic E-state index is 0.105. The molecule has 2 aromatic rings. The third kappa shape index (κ3) is 4.62. The van der Waals surface area contributed by atoms with Crippen LogP contribution < -0.4 is 10.6 Å². The zero-order valence-electron chi connectivity index (χ0n) is 11.8. The van der Waals surface area contributed by atoms with E-state index in [1.165, 1.54) is 11.0 Å². The van der Waals surface area contributed by atoms with Crippen LogP contribution in [0.1, 0.15) is 10.4 Å². The molecule has 0 fully saturated rings. The monoisotopic (exact) mass is 290 g/mol. The van der Waals surface area contributed by atoms with E-state index in [-0.39, 0.29) is 5.91 Å². The van der Waals surface area contributed by atoms with Gasteiger partial charge in [-0.05, 0) is 34.7 Å². The molecule has 0 unspecified atom stereocenters. The Bertz CT molecular complexity index is 540. The van der Waals surface area contributed by atoms with Gasteiger partial charge in [-0.15, -0.1) is 5.10 Å². The van der Waals surface area contributed by atoms with Gasteiger partial charge in [0.1, 0.15) is 6.33 Å². The second-order valence-corrected chi connectivity index (χ2v) is 4.30. The molecule has 1 aromatic heterocycles. The number of methoxy groups -OCH3 is 1. The van der Waals surface area contributed by atoms with Crippen LogP contribution in [0.2, 0.25) is 0 Å². The quantitative estimate of drug-likeness (QED) is 0.644. The summed E-state index contributed by atoms with van der Waals surface area (Å²) in [6.45, 7) is 2.70. The van der Waals surface area contributed by atoms with Crippen molar-refractivity contribution < 1.29 is 9.53 Å². The van der Waals surface area contributed by atoms with Crippen molar-refractivity contribution in [1.29, 1.82) is 0 Å². The molecule has 0 aliphatic carbocycles. The molecule has 0 radical (unpaired) electrons. The summed E-state index contributed by atoms with van der Waals surface area (Å²) in [5, 5.41) is 16.9. The van der Waals surface area contributed by atoms with Crippen LogP contribution in [0.3, 0.4) is 0 Å². The maximum atomic E-state index is 11.9. The molecule has 1 amide bonds. The fraction of sp³-hybridized carbons (Fsp3) is 0.385. The number of hydrogen-bond donors (Lipinski definition) is 2. The molecular weight excluding hydrogens is 272 g/mol. The van der Waals surface area contributed by atoms with Gasteiger partial charge in [0.05, 0.1) is 12.3 Å². The number of aromatic nitrogens is 4. The van der Waals surface area contributed by atoms with Crippen molar-refractivity contribution in [3.63, 3.8) is 0 Å². The van der Waals surface area contributed by atoms with Gasteiger partial charge in [-0.2, -0.15) is 0 Å². The lowest BCUT2D eigenvalue weighted by Crippen LogP contribution is -2.33. The van der Waals surface area contributed by atoms with Gasteiger partial charge < -0.3 is 15.4 Å². The molecule has 0 bridgehead atoms. The number of benzene rings is 1. The van der Waals surface area contributed by atoms with Crippen LogP contribution >= 0.6 is 0 Å². The third-order valence-corrected chi connectivity index (χ3v) is 2.81. The first kappa shape index (κ1) is 15.1. The molecule has 0 saturated heterocycles. The average molecular weight is 290 g/mol. The normalized spacial score (nSPS) is 10.5. The molecule has 0 saturated carbocycles. The highest BCUT2D eigenvalue weighted by atomic mass is 16.5. The summed E-state index contributed by atoms with van der Waals surface area (Å²) >= 11 is 0. The van der Waals surface area contributed by atoms with E-state index in [0.29, 0.717) is 25.3 Å². The summed E-state index contributed by atoms with van der Waals surface area (Å²) in [5.41, 5.74) is 1.40. The van der Waals surface area contributed by atoms with E-state index in [0.717, 1.165) is 12.2 Å². The zero-order valence-corrected chi connectivity index (χ0v) is 11.8. The predicted molar refractivity (Wildman–Crippen MR) is 76.2 cm³/mol. The summed E-state index contributed by atoms with van der Waals surface area (Å²) in [7, 11) is 1.66. The molecular formula is C13H18N6O2. The Morgan fingerprint density at radius 3 is 2.71 bits per heavy atom. The van der Waals surface area contributed by atoms with E-state index in [2.05, 4.69) is 26.2 Å². The standard InChI is InChI=1S/C13H18N6O2/c1-21-9-8-14-6-7-15-13(20)11-2-4-12(5-3-11)19-10-16-17-18-19/h2-5,10,14H,6-9H2,1H3,(H,15,20). The molecule has 1 heterocycles. The van der Waals surface area contributed by atoms with Gasteiger partial charge in [0, 0.05) is 32.3 Å². The lowest BCUT2D eigenvalue weighted by atomic mass is 10.2. The second kappa shape index (κ2) is 8.08. The molecule has 0 atom stereocenters. The van der Waals surface area contributed by atoms with Crippen molar-refractivity contribution in [2.24, 2.45) is 0 Å². The van der Waals surface area contributed by atoms with Crippen LogP contribution in [0.4, 0.5) is 0 Å². The Morgan fingerprint density at radius 1 is 1.24 bits per heavy atom. The zero-order chi connectivity index (χ0) is 14.9. The molecule has 2 N–H and O–H groups in total. The Balaban J connectivity index is 1.78. The Labute approximate surface area is 122 Å². The fourth-order valence-corrected chi connectivity index (χ4v) is 1.71. The third-order valence-electron chi connectivity index (χ3n) is 2.81. The van der Waals surface area contributed by atoms with Crippen molar-refractivity contribution in [3.05, 3.63) is 36.2 Å². The number of rotatable bonds is 8. The molecule has 8 nitrogen and oxygen atoms in total. The molecule has 8 heteroatoms. The van der Waals surface area contributed by atoms with Gasteiger partial charge in [-0.1, -0.05) is 0 Å². The Kier molecular flexibility index (Phi) is 5.80. The number of carbonyl (C=O) groups is 1. The first-order chi connectivity index (χ1) is 10.3. The van der Waals surface area contributed by atoms with E-state index < -0.39 is 0 Å². The van der Waals surface area contributed by atoms with Crippen molar-refractivity contribution in [2.45, 2.75) is 0 Å². The van der Waals surface area contributed by atoms with Crippen LogP contribution in [-0.2, 0) is 4.74 Å². The molecule has 0 aliphatic rings. The highest BCUT2D eigenvalue weighted by Gasteiger charge is 2.05. The molecule has 21 heavy (non-hydrogen) atoms. The summed E-state index contributed by atoms with van der Waals surface area (Å²) in [4.78, 5) is 11.9. The summed E-state index contributed by atoms with van der Waals surface area (Å²) in [6, 6.07) is 7.07. The maximum absolute atomic E-state index is 11.9. The largest absolute Gasteiger partial charge is 0.383 e. The van der Waals surface area contributed by atoms with Crippen LogP contribution in [0.15, 0.2) is 30.6 Å². The molecule has 112 valence electrons. The van der Waals surface area contributed by atoms with Gasteiger partial charge in [-0.3, -0.25) is 4.79 Å². The topological polar surface area (TPSA) is 94.0 Å². The molecule has 2 rings (SSSR count). The predicted octanol–water partition coefficient (Wildman–Crippen LogP) is -0.372. The fourth-order valence-electron chi connectivity index (χ4n) is 1.71. The SMILES string of the molecule is COCCNCCNC(=O)c1ccc(-n2cnnn2)cc1. The first-order valence-corrected chi connectivity index (χ1v) is 6.62. The summed E-state index contributed by atoms with van der Waals surface area (Å²) < 4.78 is 6.44. The smallest absolute Gasteiger partial charge is 0.251 e. The lowest BCUT2D eigenvalue weighted by Gasteiger charge is -2.07. The van der Waals surface area contributed by atoms with E-state index in [1.54, 1.807) is 31.4 Å². The van der Waals surface area contributed by atoms with Crippen LogP contribution in [0, 0.1) is 0 Å². The highest BCUT2D eigenvalue weighted by molar-refractivity contribution is 5.94. The van der Waals surface area contributed by atoms with Gasteiger partial charge >= 0.3 is 0 Å². The molecule has 1 aromatic carbocycles. The molecule has 0 spiro atoms. The number of tetrazole rings is 1. The van der Waals surface area contributed by atoms with Crippen LogP contribution in [0.5, 0.6) is 0 Å². The van der Waals surface area contributed by atoms with Crippen LogP contribution in [0.25, 0.3) is 5.69 Å². The highest BCUT2D eigenvalue weighted by Crippen LogP contribution is 2.07. The number of carbonyl (C=O) groups excluding carboxylic acids is 1. The minimum atomic E-state index is -0.105. The lowest BCUT2D eigenvalue weighted by molar-refractivity contribution is 0.0953. The van der Waals surface area contributed by atoms with Gasteiger partial charge in [0.25, 0.3) is 5.91 Å². The Morgan fingerprint density at radius 2 is 2.05 bits per heavy atom. The maximum Gasteiger partial charge on any atom is 0.251 e. The average Bonchev–Trinajstić information content (AvgIpc) is 3.05. The van der Waals surface area contributed by atoms with E-state index in [1.807, 2.05) is 0 Å². The number of amides is 1. The van der Waals surface area contributed by atoms with Crippen LogP contribution in [-0.4, -0.2) is 59.5 Å². The first-order valence-electron chi connectivity index (χ1n) is 6.62. The van der Waals surface area contributed by atoms with E-state index in [9.17, 15) is 4.79 Å². The Hall–Kier alpha value is -2.32. The minimum Gasteiger partial charge on any atom is -0.383 e. The number of nitrogens with zero attached hydrogens (tertiary/aromatic N) is 4. The number of nitrogens with one attached hydrogen (secondary N) is 2. The van der Waals surface area contributed by atoms with Crippen molar-refractivity contribution in [2.75, 3.05) is 33.4 Å². The number of hydrogen-bond acceptors (Lipinski definition) is 6. The van der Waals surface area contributed by atoms with Crippen molar-refractivity contribution in [1.82, 2.24) is 30.8 Å². The second-order valence-electron chi connectivity index (χ2n) is 4.30. The van der Waals surface area contributed by atoms with Crippen molar-refractivity contribution in [3.8, 4) is 5.69 Å². The number of ether oxygens (including phenoxy) is 1. The van der Waals surface area contributed by atoms with E-state index >= 15 is 0 Å². The summed E-state index contributed by atoms with van der Waals surface area (Å²) in [6.07, 6.45) is 1.50. The van der Waals surface area contributed by atoms with E-state index in [4.69, 9.17) is 4.74 Å². The van der Waals surface area contributed by atoms with Gasteiger partial charge in [-0.25, -0.2) is 4.68 Å². The summed E-state index contributed by atoms with van der Waals surface area (Å²) in [5.74, 6) is -0.105.